The first-order chi connectivity index (χ1) is 11.3. The molecule has 0 aromatic carbocycles. The van der Waals surface area contributed by atoms with E-state index in [4.69, 9.17) is 0 Å². The number of ketones is 1. The number of carbonyl (C=O) groups is 1. The molecule has 130 valence electrons. The summed E-state index contributed by atoms with van der Waals surface area (Å²) >= 11 is 0. The fraction of sp³-hybridized carbons (Fsp3) is 0.682. The fourth-order valence-corrected chi connectivity index (χ4v) is 7.10. The van der Waals surface area contributed by atoms with Crippen LogP contribution in [0.1, 0.15) is 59.3 Å². The van der Waals surface area contributed by atoms with Crippen molar-refractivity contribution in [1.82, 2.24) is 0 Å². The average molecular weight is 326 g/mol. The Balaban J connectivity index is 1.71. The van der Waals surface area contributed by atoms with Crippen LogP contribution in [0.25, 0.3) is 0 Å². The average Bonchev–Trinajstić information content (AvgIpc) is 2.86. The Bertz CT molecular complexity index is 669. The van der Waals surface area contributed by atoms with Gasteiger partial charge in [0.2, 0.25) is 0 Å². The molecule has 4 aliphatic carbocycles. The number of fused-ring (bicyclic) bond motifs is 5. The third-order valence-electron chi connectivity index (χ3n) is 8.30. The summed E-state index contributed by atoms with van der Waals surface area (Å²) in [4.78, 5) is 12.9. The van der Waals surface area contributed by atoms with E-state index in [-0.39, 0.29) is 17.0 Å². The maximum atomic E-state index is 12.9. The first-order valence-electron chi connectivity index (χ1n) is 9.60. The van der Waals surface area contributed by atoms with Crippen molar-refractivity contribution in [2.45, 2.75) is 59.3 Å². The zero-order chi connectivity index (χ0) is 17.3. The van der Waals surface area contributed by atoms with E-state index in [1.807, 2.05) is 6.08 Å². The van der Waals surface area contributed by atoms with Crippen LogP contribution in [0.5, 0.6) is 0 Å². The Hall–Kier alpha value is -1.31. The molecule has 0 bridgehead atoms. The predicted octanol–water partition coefficient (Wildman–Crippen LogP) is 5.37. The van der Waals surface area contributed by atoms with Gasteiger partial charge in [-0.1, -0.05) is 24.6 Å². The van der Waals surface area contributed by atoms with Crippen molar-refractivity contribution < 1.29 is 9.90 Å². The number of rotatable bonds is 1. The SMILES string of the molecule is C=C(C)[C@H]1CC[C@H]2[C@@H]3CCC4=CC(O)=CC(=O)[C@]4(C)[C@H]3CC[C@]12C. The van der Waals surface area contributed by atoms with Gasteiger partial charge in [0.05, 0.1) is 5.41 Å². The molecule has 0 aliphatic heterocycles. The number of hydrogen-bond donors (Lipinski definition) is 1. The zero-order valence-corrected chi connectivity index (χ0v) is 15.3. The molecule has 0 radical (unpaired) electrons. The minimum atomic E-state index is -0.377. The third kappa shape index (κ3) is 1.92. The lowest BCUT2D eigenvalue weighted by molar-refractivity contribution is -0.131. The van der Waals surface area contributed by atoms with Crippen molar-refractivity contribution in [3.8, 4) is 0 Å². The van der Waals surface area contributed by atoms with Gasteiger partial charge in [-0.2, -0.15) is 0 Å². The minimum Gasteiger partial charge on any atom is -0.508 e. The summed E-state index contributed by atoms with van der Waals surface area (Å²) in [6, 6.07) is 0. The summed E-state index contributed by atoms with van der Waals surface area (Å²) in [7, 11) is 0. The molecular formula is C22H30O2. The lowest BCUT2D eigenvalue weighted by Gasteiger charge is -2.57. The van der Waals surface area contributed by atoms with Crippen LogP contribution in [0, 0.1) is 34.5 Å². The number of aliphatic hydroxyl groups is 1. The van der Waals surface area contributed by atoms with E-state index >= 15 is 0 Å². The number of allylic oxidation sites excluding steroid dienone is 4. The van der Waals surface area contributed by atoms with E-state index in [9.17, 15) is 9.90 Å². The molecule has 2 nitrogen and oxygen atoms in total. The van der Waals surface area contributed by atoms with Crippen LogP contribution in [0.4, 0.5) is 0 Å². The second-order valence-electron chi connectivity index (χ2n) is 9.24. The van der Waals surface area contributed by atoms with Crippen LogP contribution in [0.15, 0.2) is 35.6 Å². The van der Waals surface area contributed by atoms with Gasteiger partial charge in [-0.15, -0.1) is 0 Å². The Morgan fingerprint density at radius 3 is 2.62 bits per heavy atom. The molecule has 24 heavy (non-hydrogen) atoms. The largest absolute Gasteiger partial charge is 0.508 e. The zero-order valence-electron chi connectivity index (χ0n) is 15.3. The summed E-state index contributed by atoms with van der Waals surface area (Å²) in [6.07, 6.45) is 10.4. The van der Waals surface area contributed by atoms with Crippen LogP contribution >= 0.6 is 0 Å². The van der Waals surface area contributed by atoms with Crippen molar-refractivity contribution >= 4 is 5.78 Å². The highest BCUT2D eigenvalue weighted by Crippen LogP contribution is 2.66. The molecule has 0 aromatic heterocycles. The molecule has 0 spiro atoms. The Labute approximate surface area is 145 Å². The van der Waals surface area contributed by atoms with Gasteiger partial charge >= 0.3 is 0 Å². The standard InChI is InChI=1S/C22H30O2/c1-13(2)17-7-8-18-16-6-5-14-11-15(23)12-20(24)22(14,4)19(16)9-10-21(17,18)3/h11-12,16-19,23H,1,5-10H2,2-4H3/t16-,17+,18-,19-,21+,22-/m0/s1. The highest BCUT2D eigenvalue weighted by atomic mass is 16.3. The van der Waals surface area contributed by atoms with Gasteiger partial charge in [-0.25, -0.2) is 0 Å². The second kappa shape index (κ2) is 5.09. The van der Waals surface area contributed by atoms with Crippen LogP contribution in [-0.4, -0.2) is 10.9 Å². The summed E-state index contributed by atoms with van der Waals surface area (Å²) in [6.45, 7) is 11.1. The van der Waals surface area contributed by atoms with Crippen molar-refractivity contribution in [1.29, 1.82) is 0 Å². The topological polar surface area (TPSA) is 37.3 Å². The molecule has 1 N–H and O–H groups in total. The lowest BCUT2D eigenvalue weighted by atomic mass is 9.47. The Morgan fingerprint density at radius 2 is 1.92 bits per heavy atom. The molecule has 4 rings (SSSR count). The van der Waals surface area contributed by atoms with Crippen LogP contribution in [-0.2, 0) is 4.79 Å². The molecule has 0 unspecified atom stereocenters. The van der Waals surface area contributed by atoms with Gasteiger partial charge in [-0.3, -0.25) is 4.79 Å². The van der Waals surface area contributed by atoms with Gasteiger partial charge < -0.3 is 5.11 Å². The summed E-state index contributed by atoms with van der Waals surface area (Å²) < 4.78 is 0. The highest BCUT2D eigenvalue weighted by molar-refractivity contribution is 5.99. The second-order valence-corrected chi connectivity index (χ2v) is 9.24. The van der Waals surface area contributed by atoms with Crippen molar-refractivity contribution in [3.05, 3.63) is 35.6 Å². The Kier molecular flexibility index (Phi) is 3.43. The quantitative estimate of drug-likeness (QED) is 0.658. The molecule has 0 amide bonds. The molecule has 3 fully saturated rings. The van der Waals surface area contributed by atoms with Crippen molar-refractivity contribution in [2.75, 3.05) is 0 Å². The lowest BCUT2D eigenvalue weighted by Crippen LogP contribution is -2.52. The normalized spacial score (nSPS) is 47.2. The van der Waals surface area contributed by atoms with Crippen LogP contribution in [0.3, 0.4) is 0 Å². The van der Waals surface area contributed by atoms with E-state index in [1.165, 1.54) is 42.9 Å². The maximum Gasteiger partial charge on any atom is 0.169 e. The first-order valence-corrected chi connectivity index (χ1v) is 9.60. The van der Waals surface area contributed by atoms with Crippen molar-refractivity contribution in [2.24, 2.45) is 34.5 Å². The molecule has 0 heterocycles. The van der Waals surface area contributed by atoms with Crippen molar-refractivity contribution in [3.63, 3.8) is 0 Å². The van der Waals surface area contributed by atoms with Gasteiger partial charge in [0.25, 0.3) is 0 Å². The molecule has 4 aliphatic rings. The molecular weight excluding hydrogens is 296 g/mol. The summed E-state index contributed by atoms with van der Waals surface area (Å²) in [5.41, 5.74) is 2.52. The number of hydrogen-bond acceptors (Lipinski definition) is 2. The van der Waals surface area contributed by atoms with Crippen LogP contribution in [0.2, 0.25) is 0 Å². The first kappa shape index (κ1) is 16.2. The van der Waals surface area contributed by atoms with Gasteiger partial charge in [-0.05, 0) is 87.5 Å². The van der Waals surface area contributed by atoms with Gasteiger partial charge in [0, 0.05) is 6.08 Å². The Morgan fingerprint density at radius 1 is 1.17 bits per heavy atom. The molecule has 0 saturated heterocycles. The summed E-state index contributed by atoms with van der Waals surface area (Å²) in [5, 5.41) is 9.87. The number of carbonyl (C=O) groups excluding carboxylic acids is 1. The molecule has 3 saturated carbocycles. The maximum absolute atomic E-state index is 12.9. The van der Waals surface area contributed by atoms with Gasteiger partial charge in [0.1, 0.15) is 5.76 Å². The van der Waals surface area contributed by atoms with Gasteiger partial charge in [0.15, 0.2) is 5.78 Å². The highest BCUT2D eigenvalue weighted by Gasteiger charge is 2.60. The van der Waals surface area contributed by atoms with E-state index < -0.39 is 0 Å². The van der Waals surface area contributed by atoms with Crippen LogP contribution < -0.4 is 0 Å². The summed E-state index contributed by atoms with van der Waals surface area (Å²) in [5.74, 6) is 2.74. The molecule has 0 aromatic rings. The number of aliphatic hydroxyl groups excluding tert-OH is 1. The van der Waals surface area contributed by atoms with E-state index in [0.717, 1.165) is 18.8 Å². The smallest absolute Gasteiger partial charge is 0.169 e. The third-order valence-corrected chi connectivity index (χ3v) is 8.30. The van der Waals surface area contributed by atoms with E-state index in [0.29, 0.717) is 23.2 Å². The van der Waals surface area contributed by atoms with E-state index in [1.54, 1.807) is 0 Å². The predicted molar refractivity (Wildman–Crippen MR) is 96.5 cm³/mol. The fourth-order valence-electron chi connectivity index (χ4n) is 7.10. The molecule has 2 heteroatoms. The molecule has 6 atom stereocenters. The van der Waals surface area contributed by atoms with E-state index in [2.05, 4.69) is 27.4 Å². The minimum absolute atomic E-state index is 0.130. The monoisotopic (exact) mass is 326 g/mol.